The van der Waals surface area contributed by atoms with Crippen LogP contribution in [0.15, 0.2) is 18.2 Å². The molecule has 2 rings (SSSR count). The summed E-state index contributed by atoms with van der Waals surface area (Å²) in [5, 5.41) is 3.07. The van der Waals surface area contributed by atoms with Crippen molar-refractivity contribution in [3.8, 4) is 0 Å². The van der Waals surface area contributed by atoms with Gasteiger partial charge < -0.3 is 5.32 Å². The molecule has 3 heteroatoms. The zero-order chi connectivity index (χ0) is 10.1. The molecule has 14 heavy (non-hydrogen) atoms. The highest BCUT2D eigenvalue weighted by atomic mass is 19.1. The Balaban J connectivity index is 2.11. The van der Waals surface area contributed by atoms with E-state index in [1.165, 1.54) is 12.1 Å². The molecule has 2 unspecified atom stereocenters. The Bertz CT molecular complexity index is 318. The van der Waals surface area contributed by atoms with Gasteiger partial charge >= 0.3 is 0 Å². The molecule has 1 aliphatic rings. The number of hydrogen-bond acceptors (Lipinski definition) is 1. The fourth-order valence-corrected chi connectivity index (χ4v) is 1.93. The van der Waals surface area contributed by atoms with Gasteiger partial charge in [-0.15, -0.1) is 0 Å². The summed E-state index contributed by atoms with van der Waals surface area (Å²) in [7, 11) is 1.89. The van der Waals surface area contributed by atoms with Crippen LogP contribution in [0.1, 0.15) is 17.9 Å². The molecule has 0 heterocycles. The van der Waals surface area contributed by atoms with Gasteiger partial charge in [-0.05, 0) is 49.5 Å². The molecule has 0 aromatic heterocycles. The van der Waals surface area contributed by atoms with Crippen LogP contribution in [0.25, 0.3) is 0 Å². The highest BCUT2D eigenvalue weighted by Crippen LogP contribution is 2.47. The second-order valence-corrected chi connectivity index (χ2v) is 3.86. The van der Waals surface area contributed by atoms with E-state index in [0.29, 0.717) is 11.8 Å². The van der Waals surface area contributed by atoms with Crippen LogP contribution in [0.3, 0.4) is 0 Å². The number of benzene rings is 1. The average molecular weight is 197 g/mol. The van der Waals surface area contributed by atoms with E-state index >= 15 is 0 Å². The highest BCUT2D eigenvalue weighted by Gasteiger charge is 2.37. The Hall–Kier alpha value is -0.960. The van der Waals surface area contributed by atoms with E-state index in [4.69, 9.17) is 0 Å². The molecule has 1 aromatic rings. The minimum absolute atomic E-state index is 0.340. The summed E-state index contributed by atoms with van der Waals surface area (Å²) in [5.41, 5.74) is 0.794. The van der Waals surface area contributed by atoms with Crippen LogP contribution >= 0.6 is 0 Å². The van der Waals surface area contributed by atoms with Crippen LogP contribution < -0.4 is 5.32 Å². The van der Waals surface area contributed by atoms with Crippen LogP contribution in [-0.4, -0.2) is 13.6 Å². The SMILES string of the molecule is CNCC1CC1c1cc(F)cc(F)c1. The molecule has 0 spiro atoms. The normalized spacial score (nSPS) is 25.1. The second-order valence-electron chi connectivity index (χ2n) is 3.86. The summed E-state index contributed by atoms with van der Waals surface area (Å²) in [4.78, 5) is 0. The lowest BCUT2D eigenvalue weighted by Crippen LogP contribution is -2.10. The molecule has 0 radical (unpaired) electrons. The molecular formula is C11H13F2N. The van der Waals surface area contributed by atoms with Crippen molar-refractivity contribution in [2.45, 2.75) is 12.3 Å². The van der Waals surface area contributed by atoms with Crippen molar-refractivity contribution in [1.29, 1.82) is 0 Å². The zero-order valence-corrected chi connectivity index (χ0v) is 8.06. The van der Waals surface area contributed by atoms with E-state index in [2.05, 4.69) is 5.32 Å². The van der Waals surface area contributed by atoms with Crippen molar-refractivity contribution >= 4 is 0 Å². The lowest BCUT2D eigenvalue weighted by Gasteiger charge is -2.01. The van der Waals surface area contributed by atoms with Gasteiger partial charge in [0.15, 0.2) is 0 Å². The first-order valence-corrected chi connectivity index (χ1v) is 4.81. The highest BCUT2D eigenvalue weighted by molar-refractivity contribution is 5.27. The van der Waals surface area contributed by atoms with Gasteiger partial charge in [-0.2, -0.15) is 0 Å². The quantitative estimate of drug-likeness (QED) is 0.784. The molecule has 76 valence electrons. The average Bonchev–Trinajstić information content (AvgIpc) is 2.82. The number of rotatable bonds is 3. The molecule has 0 bridgehead atoms. The van der Waals surface area contributed by atoms with Crippen LogP contribution in [0.5, 0.6) is 0 Å². The van der Waals surface area contributed by atoms with Gasteiger partial charge in [-0.3, -0.25) is 0 Å². The summed E-state index contributed by atoms with van der Waals surface area (Å²) in [6, 6.07) is 3.78. The van der Waals surface area contributed by atoms with E-state index < -0.39 is 11.6 Å². The van der Waals surface area contributed by atoms with Crippen molar-refractivity contribution in [2.75, 3.05) is 13.6 Å². The van der Waals surface area contributed by atoms with Crippen LogP contribution in [0.4, 0.5) is 8.78 Å². The van der Waals surface area contributed by atoms with Crippen molar-refractivity contribution in [3.63, 3.8) is 0 Å². The lowest BCUT2D eigenvalue weighted by atomic mass is 10.1. The van der Waals surface area contributed by atoms with Crippen LogP contribution in [-0.2, 0) is 0 Å². The molecule has 0 aliphatic heterocycles. The van der Waals surface area contributed by atoms with Crippen molar-refractivity contribution in [2.24, 2.45) is 5.92 Å². The van der Waals surface area contributed by atoms with E-state index in [1.807, 2.05) is 7.05 Å². The minimum Gasteiger partial charge on any atom is -0.319 e. The van der Waals surface area contributed by atoms with Crippen molar-refractivity contribution < 1.29 is 8.78 Å². The lowest BCUT2D eigenvalue weighted by molar-refractivity contribution is 0.578. The molecule has 1 saturated carbocycles. The summed E-state index contributed by atoms with van der Waals surface area (Å²) >= 11 is 0. The Morgan fingerprint density at radius 3 is 2.50 bits per heavy atom. The molecule has 2 atom stereocenters. The first kappa shape index (κ1) is 9.59. The standard InChI is InChI=1S/C11H13F2N/c1-14-6-8-4-11(8)7-2-9(12)5-10(13)3-7/h2-3,5,8,11,14H,4,6H2,1H3. The first-order valence-electron chi connectivity index (χ1n) is 4.81. The zero-order valence-electron chi connectivity index (χ0n) is 8.06. The fraction of sp³-hybridized carbons (Fsp3) is 0.455. The van der Waals surface area contributed by atoms with Crippen molar-refractivity contribution in [1.82, 2.24) is 5.32 Å². The summed E-state index contributed by atoms with van der Waals surface area (Å²) in [5.74, 6) is -0.0703. The predicted molar refractivity (Wildman–Crippen MR) is 51.1 cm³/mol. The van der Waals surface area contributed by atoms with Gasteiger partial charge in [-0.25, -0.2) is 8.78 Å². The van der Waals surface area contributed by atoms with E-state index in [0.717, 1.165) is 24.6 Å². The maximum atomic E-state index is 12.9. The Morgan fingerprint density at radius 2 is 1.93 bits per heavy atom. The molecule has 1 aromatic carbocycles. The van der Waals surface area contributed by atoms with Gasteiger partial charge in [0.25, 0.3) is 0 Å². The number of halogens is 2. The van der Waals surface area contributed by atoms with Crippen LogP contribution in [0.2, 0.25) is 0 Å². The predicted octanol–water partition coefficient (Wildman–Crippen LogP) is 2.29. The minimum atomic E-state index is -0.477. The summed E-state index contributed by atoms with van der Waals surface area (Å²) < 4.78 is 25.7. The van der Waals surface area contributed by atoms with Gasteiger partial charge in [0.1, 0.15) is 11.6 Å². The summed E-state index contributed by atoms with van der Waals surface area (Å²) in [6.07, 6.45) is 1.03. The molecular weight excluding hydrogens is 184 g/mol. The van der Waals surface area contributed by atoms with E-state index in [-0.39, 0.29) is 0 Å². The first-order chi connectivity index (χ1) is 6.70. The Labute approximate surface area is 82.1 Å². The molecule has 0 amide bonds. The van der Waals surface area contributed by atoms with Gasteiger partial charge in [0.05, 0.1) is 0 Å². The molecule has 1 aliphatic carbocycles. The number of nitrogens with one attached hydrogen (secondary N) is 1. The molecule has 0 saturated heterocycles. The van der Waals surface area contributed by atoms with Crippen LogP contribution in [0, 0.1) is 17.6 Å². The molecule has 1 fully saturated rings. The Kier molecular flexibility index (Phi) is 2.50. The fourth-order valence-electron chi connectivity index (χ4n) is 1.93. The maximum absolute atomic E-state index is 12.9. The largest absolute Gasteiger partial charge is 0.319 e. The third-order valence-corrected chi connectivity index (χ3v) is 2.70. The monoisotopic (exact) mass is 197 g/mol. The second kappa shape index (κ2) is 3.65. The van der Waals surface area contributed by atoms with Gasteiger partial charge in [0.2, 0.25) is 0 Å². The molecule has 1 nitrogen and oxygen atoms in total. The Morgan fingerprint density at radius 1 is 1.29 bits per heavy atom. The number of hydrogen-bond donors (Lipinski definition) is 1. The third-order valence-electron chi connectivity index (χ3n) is 2.70. The van der Waals surface area contributed by atoms with Crippen molar-refractivity contribution in [3.05, 3.63) is 35.4 Å². The summed E-state index contributed by atoms with van der Waals surface area (Å²) in [6.45, 7) is 0.919. The van der Waals surface area contributed by atoms with E-state index in [9.17, 15) is 8.78 Å². The third kappa shape index (κ3) is 1.93. The topological polar surface area (TPSA) is 12.0 Å². The van der Waals surface area contributed by atoms with Gasteiger partial charge in [0, 0.05) is 6.07 Å². The van der Waals surface area contributed by atoms with E-state index in [1.54, 1.807) is 0 Å². The van der Waals surface area contributed by atoms with Gasteiger partial charge in [-0.1, -0.05) is 0 Å². The smallest absolute Gasteiger partial charge is 0.126 e. The maximum Gasteiger partial charge on any atom is 0.126 e. The molecule has 1 N–H and O–H groups in total.